The Morgan fingerprint density at radius 1 is 0.577 bits per heavy atom. The molecule has 25 atom stereocenters. The summed E-state index contributed by atoms with van der Waals surface area (Å²) in [4.78, 5) is 14.9. The van der Waals surface area contributed by atoms with Gasteiger partial charge in [0, 0.05) is 26.1 Å². The SMILES string of the molecule is C=C1C[C@@]2(C)CCC3[C@](C)(C(=O)OC(O)/C(OC4OC(CO)C(O)C(O)C4O)=C(/OC4OC(CO)C(O)C(O)C4O)C(O)CCO)CCC[C@@]3(C)[C@@H]2CCC1OC(O)/C(O)=C(\OC1OC(CO)C(O)C(O)C1O)C(O)CCO. The zero-order valence-corrected chi connectivity index (χ0v) is 43.7. The molecule has 0 radical (unpaired) electrons. The molecule has 0 amide bonds. The summed E-state index contributed by atoms with van der Waals surface area (Å²) in [6.07, 6.45) is -36.0. The number of hydrogen-bond donors (Lipinski definition) is 19. The van der Waals surface area contributed by atoms with Crippen molar-refractivity contribution in [2.75, 3.05) is 33.0 Å². The van der Waals surface area contributed by atoms with Crippen LogP contribution in [-0.4, -0.2) is 259 Å². The average molecular weight is 1130 g/mol. The molecule has 6 fully saturated rings. The van der Waals surface area contributed by atoms with Crippen LogP contribution in [0.2, 0.25) is 0 Å². The summed E-state index contributed by atoms with van der Waals surface area (Å²) in [7, 11) is 0. The van der Waals surface area contributed by atoms with E-state index in [4.69, 9.17) is 37.9 Å². The van der Waals surface area contributed by atoms with Gasteiger partial charge in [-0.3, -0.25) is 4.79 Å². The molecule has 3 heterocycles. The maximum absolute atomic E-state index is 14.9. The Kier molecular flexibility index (Phi) is 21.8. The van der Waals surface area contributed by atoms with Crippen LogP contribution in [0.15, 0.2) is 35.2 Å². The van der Waals surface area contributed by atoms with Gasteiger partial charge in [0.25, 0.3) is 6.29 Å². The summed E-state index contributed by atoms with van der Waals surface area (Å²) >= 11 is 0. The van der Waals surface area contributed by atoms with Crippen LogP contribution < -0.4 is 0 Å². The van der Waals surface area contributed by atoms with Crippen LogP contribution >= 0.6 is 0 Å². The number of aliphatic hydroxyl groups excluding tert-OH is 19. The van der Waals surface area contributed by atoms with E-state index in [0.29, 0.717) is 44.1 Å². The summed E-state index contributed by atoms with van der Waals surface area (Å²) in [5, 5.41) is 201. The van der Waals surface area contributed by atoms with Crippen molar-refractivity contribution in [2.45, 2.75) is 208 Å². The van der Waals surface area contributed by atoms with E-state index in [1.54, 1.807) is 6.92 Å². The van der Waals surface area contributed by atoms with Gasteiger partial charge in [-0.2, -0.15) is 0 Å². The third-order valence-electron chi connectivity index (χ3n) is 17.0. The van der Waals surface area contributed by atoms with Crippen molar-refractivity contribution in [1.82, 2.24) is 0 Å². The van der Waals surface area contributed by atoms with Gasteiger partial charge in [0.1, 0.15) is 85.5 Å². The van der Waals surface area contributed by atoms with Crippen LogP contribution in [0.25, 0.3) is 0 Å². The first-order valence-corrected chi connectivity index (χ1v) is 26.2. The Hall–Kier alpha value is -2.99. The minimum atomic E-state index is -2.62. The predicted octanol–water partition coefficient (Wildman–Crippen LogP) is -5.56. The molecule has 6 rings (SSSR count). The normalized spacial score (nSPS) is 43.5. The summed E-state index contributed by atoms with van der Waals surface area (Å²) in [5.74, 6) is -5.59. The minimum absolute atomic E-state index is 0.193. The highest BCUT2D eigenvalue weighted by molar-refractivity contribution is 5.77. The highest BCUT2D eigenvalue weighted by atomic mass is 16.7. The molecule has 3 saturated carbocycles. The standard InChI is InChI=1S/C50H82O28/c1-20-16-48(2)13-8-28-49(3,27(48)7-6-23(20)71-42(68)38(67)39(21(56)9-14-51)75-44-35(64)32(61)29(58)24(17-53)72-44)11-5-12-50(28,4)47(70)78-43(69)41(77-46-37(66)34(63)31(60)26(19-55)74-46)40(22(57)10-15-52)76-45-36(65)33(62)30(59)25(18-54)73-45/h21-37,42-46,51-69H,1,5-19H2,2-4H3/b39-38+,41-40-/t21?,22?,23?,24?,25?,26?,27-,28?,29?,30?,31?,32?,33?,34?,35?,36?,37?,42?,43?,44?,45?,46?,48-,49+,50-/m1/s1. The second kappa shape index (κ2) is 26.5. The molecule has 0 aromatic rings. The quantitative estimate of drug-likeness (QED) is 0.0221. The van der Waals surface area contributed by atoms with Gasteiger partial charge in [-0.15, -0.1) is 0 Å². The summed E-state index contributed by atoms with van der Waals surface area (Å²) in [6, 6.07) is 0. The maximum atomic E-state index is 14.9. The second-order valence-corrected chi connectivity index (χ2v) is 22.2. The van der Waals surface area contributed by atoms with E-state index in [2.05, 4.69) is 13.5 Å². The molecule has 0 bridgehead atoms. The Balaban J connectivity index is 1.27. The van der Waals surface area contributed by atoms with Gasteiger partial charge in [0.15, 0.2) is 17.3 Å². The molecule has 0 spiro atoms. The fraction of sp³-hybridized carbons (Fsp3) is 0.860. The lowest BCUT2D eigenvalue weighted by Crippen LogP contribution is -2.60. The number of hydrogen-bond acceptors (Lipinski definition) is 28. The van der Waals surface area contributed by atoms with E-state index in [1.165, 1.54) is 0 Å². The van der Waals surface area contributed by atoms with Crippen molar-refractivity contribution in [3.8, 4) is 0 Å². The molecule has 28 heteroatoms. The first kappa shape index (κ1) is 64.2. The van der Waals surface area contributed by atoms with Crippen molar-refractivity contribution >= 4 is 5.97 Å². The second-order valence-electron chi connectivity index (χ2n) is 22.2. The van der Waals surface area contributed by atoms with Crippen LogP contribution in [0.5, 0.6) is 0 Å². The molecule has 0 aromatic heterocycles. The van der Waals surface area contributed by atoms with Gasteiger partial charge in [-0.05, 0) is 80.1 Å². The van der Waals surface area contributed by atoms with Gasteiger partial charge in [-0.1, -0.05) is 26.8 Å². The first-order chi connectivity index (χ1) is 36.7. The Bertz CT molecular complexity index is 2060. The fourth-order valence-electron chi connectivity index (χ4n) is 12.7. The van der Waals surface area contributed by atoms with E-state index in [0.717, 1.165) is 0 Å². The minimum Gasteiger partial charge on any atom is -0.505 e. The Morgan fingerprint density at radius 3 is 1.49 bits per heavy atom. The molecule has 21 unspecified atom stereocenters. The first-order valence-electron chi connectivity index (χ1n) is 26.2. The van der Waals surface area contributed by atoms with Gasteiger partial charge < -0.3 is 135 Å². The number of aliphatic hydroxyl groups is 19. The van der Waals surface area contributed by atoms with Crippen LogP contribution in [0.3, 0.4) is 0 Å². The number of fused-ring (bicyclic) bond motifs is 3. The van der Waals surface area contributed by atoms with Crippen molar-refractivity contribution in [1.29, 1.82) is 0 Å². The van der Waals surface area contributed by atoms with Crippen molar-refractivity contribution < 1.29 is 140 Å². The highest BCUT2D eigenvalue weighted by Gasteiger charge is 2.63. The topological polar surface area (TPSA) is 475 Å². The molecule has 78 heavy (non-hydrogen) atoms. The smallest absolute Gasteiger partial charge is 0.314 e. The average Bonchev–Trinajstić information content (AvgIpc) is 3.71. The van der Waals surface area contributed by atoms with E-state index < -0.39 is 220 Å². The highest BCUT2D eigenvalue weighted by Crippen LogP contribution is 2.67. The summed E-state index contributed by atoms with van der Waals surface area (Å²) < 4.78 is 45.3. The van der Waals surface area contributed by atoms with Gasteiger partial charge in [-0.25, -0.2) is 0 Å². The number of ether oxygens (including phenoxy) is 8. The number of rotatable bonds is 21. The van der Waals surface area contributed by atoms with Crippen LogP contribution in [0.4, 0.5) is 0 Å². The molecular formula is C50H82O28. The molecule has 3 saturated heterocycles. The van der Waals surface area contributed by atoms with Crippen LogP contribution in [-0.2, 0) is 42.7 Å². The fourth-order valence-corrected chi connectivity index (χ4v) is 12.7. The molecule has 0 aromatic carbocycles. The van der Waals surface area contributed by atoms with Crippen molar-refractivity contribution in [3.05, 3.63) is 35.2 Å². The number of esters is 1. The molecule has 19 N–H and O–H groups in total. The lowest BCUT2D eigenvalue weighted by atomic mass is 9.42. The molecule has 3 aliphatic carbocycles. The van der Waals surface area contributed by atoms with Crippen molar-refractivity contribution in [2.24, 2.45) is 28.1 Å². The summed E-state index contributed by atoms with van der Waals surface area (Å²) in [6.45, 7) is 5.95. The monoisotopic (exact) mass is 1130 g/mol. The van der Waals surface area contributed by atoms with Gasteiger partial charge >= 0.3 is 5.97 Å². The Labute approximate surface area is 449 Å². The number of carbonyl (C=O) groups is 1. The van der Waals surface area contributed by atoms with E-state index in [9.17, 15) is 102 Å². The van der Waals surface area contributed by atoms with Crippen molar-refractivity contribution in [3.63, 3.8) is 0 Å². The molecule has 6 aliphatic rings. The van der Waals surface area contributed by atoms with Gasteiger partial charge in [0.05, 0.1) is 31.3 Å². The van der Waals surface area contributed by atoms with E-state index >= 15 is 0 Å². The third-order valence-corrected chi connectivity index (χ3v) is 17.0. The lowest BCUT2D eigenvalue weighted by Gasteiger charge is -2.62. The lowest BCUT2D eigenvalue weighted by molar-refractivity contribution is -0.306. The largest absolute Gasteiger partial charge is 0.505 e. The van der Waals surface area contributed by atoms with Crippen LogP contribution in [0.1, 0.15) is 85.0 Å². The number of carbonyl (C=O) groups excluding carboxylic acids is 1. The molecule has 450 valence electrons. The third kappa shape index (κ3) is 12.9. The van der Waals surface area contributed by atoms with E-state index in [1.807, 2.05) is 6.92 Å². The van der Waals surface area contributed by atoms with Crippen LogP contribution in [0, 0.1) is 28.1 Å². The van der Waals surface area contributed by atoms with E-state index in [-0.39, 0.29) is 18.8 Å². The summed E-state index contributed by atoms with van der Waals surface area (Å²) in [5.41, 5.74) is -2.05. The molecule has 28 nitrogen and oxygen atoms in total. The molecule has 3 aliphatic heterocycles. The molecular weight excluding hydrogens is 1050 g/mol. The predicted molar refractivity (Wildman–Crippen MR) is 257 cm³/mol. The maximum Gasteiger partial charge on any atom is 0.314 e. The zero-order chi connectivity index (χ0) is 57.9. The Morgan fingerprint density at radius 2 is 1.03 bits per heavy atom. The van der Waals surface area contributed by atoms with Gasteiger partial charge in [0.2, 0.25) is 30.9 Å². The zero-order valence-electron chi connectivity index (χ0n) is 43.7.